The normalized spacial score (nSPS) is 15.8. The van der Waals surface area contributed by atoms with Gasteiger partial charge in [-0.05, 0) is 31.0 Å². The van der Waals surface area contributed by atoms with Crippen molar-refractivity contribution in [1.29, 1.82) is 0 Å². The molecule has 8 heteroatoms. The lowest BCUT2D eigenvalue weighted by atomic mass is 10.2. The minimum Gasteiger partial charge on any atom is -0.482 e. The molecular weight excluding hydrogens is 296 g/mol. The van der Waals surface area contributed by atoms with Crippen LogP contribution in [-0.4, -0.2) is 38.7 Å². The standard InChI is InChI=1S/C13H18N2O5S/c1-2-9(5-6-16)15-21(18,19)10-3-4-12-11(7-10)14-13(17)8-20-12/h3-4,7,9,15-16H,2,5-6,8H2,1H3,(H,14,17). The quantitative estimate of drug-likeness (QED) is 0.707. The van der Waals surface area contributed by atoms with Crippen molar-refractivity contribution >= 4 is 21.6 Å². The largest absolute Gasteiger partial charge is 0.482 e. The number of carbonyl (C=O) groups is 1. The van der Waals surface area contributed by atoms with Crippen LogP contribution in [0.25, 0.3) is 0 Å². The maximum Gasteiger partial charge on any atom is 0.262 e. The molecule has 0 bridgehead atoms. The molecule has 3 N–H and O–H groups in total. The van der Waals surface area contributed by atoms with Crippen molar-refractivity contribution in [3.05, 3.63) is 18.2 Å². The Morgan fingerprint density at radius 1 is 1.48 bits per heavy atom. The number of aliphatic hydroxyl groups is 1. The van der Waals surface area contributed by atoms with Crippen molar-refractivity contribution in [3.8, 4) is 5.75 Å². The Balaban J connectivity index is 2.24. The number of sulfonamides is 1. The zero-order valence-electron chi connectivity index (χ0n) is 11.6. The predicted octanol–water partition coefficient (Wildman–Crippen LogP) is 0.457. The summed E-state index contributed by atoms with van der Waals surface area (Å²) in [6.45, 7) is 1.67. The van der Waals surface area contributed by atoms with Gasteiger partial charge in [-0.15, -0.1) is 0 Å². The van der Waals surface area contributed by atoms with Crippen molar-refractivity contribution in [3.63, 3.8) is 0 Å². The van der Waals surface area contributed by atoms with Crippen LogP contribution in [0.3, 0.4) is 0 Å². The van der Waals surface area contributed by atoms with E-state index in [1.165, 1.54) is 18.2 Å². The number of nitrogens with one attached hydrogen (secondary N) is 2. The Labute approximate surface area is 123 Å². The number of carbonyl (C=O) groups excluding carboxylic acids is 1. The van der Waals surface area contributed by atoms with E-state index in [-0.39, 0.29) is 30.1 Å². The van der Waals surface area contributed by atoms with Gasteiger partial charge in [-0.1, -0.05) is 6.92 Å². The van der Waals surface area contributed by atoms with Crippen molar-refractivity contribution in [2.75, 3.05) is 18.5 Å². The Morgan fingerprint density at radius 3 is 2.90 bits per heavy atom. The summed E-state index contributed by atoms with van der Waals surface area (Å²) in [5, 5.41) is 11.5. The van der Waals surface area contributed by atoms with Gasteiger partial charge in [0.1, 0.15) is 5.75 Å². The zero-order chi connectivity index (χ0) is 15.5. The third-order valence-corrected chi connectivity index (χ3v) is 4.70. The molecule has 1 amide bonds. The minimum absolute atomic E-state index is 0.0449. The van der Waals surface area contributed by atoms with Crippen LogP contribution in [-0.2, 0) is 14.8 Å². The SMILES string of the molecule is CCC(CCO)NS(=O)(=O)c1ccc2c(c1)NC(=O)CO2. The Kier molecular flexibility index (Phi) is 4.81. The van der Waals surface area contributed by atoms with Gasteiger partial charge in [-0.25, -0.2) is 13.1 Å². The average molecular weight is 314 g/mol. The molecule has 1 atom stereocenters. The summed E-state index contributed by atoms with van der Waals surface area (Å²) in [7, 11) is -3.71. The van der Waals surface area contributed by atoms with E-state index in [4.69, 9.17) is 9.84 Å². The van der Waals surface area contributed by atoms with Crippen molar-refractivity contribution in [2.45, 2.75) is 30.7 Å². The summed E-state index contributed by atoms with van der Waals surface area (Å²) in [6.07, 6.45) is 0.922. The van der Waals surface area contributed by atoms with Gasteiger partial charge in [0.25, 0.3) is 5.91 Å². The highest BCUT2D eigenvalue weighted by Gasteiger charge is 2.22. The van der Waals surface area contributed by atoms with Gasteiger partial charge in [0.05, 0.1) is 10.6 Å². The number of anilines is 1. The molecule has 1 heterocycles. The summed E-state index contributed by atoms with van der Waals surface area (Å²) in [5.74, 6) is 0.118. The maximum absolute atomic E-state index is 12.3. The van der Waals surface area contributed by atoms with Gasteiger partial charge in [-0.3, -0.25) is 4.79 Å². The van der Waals surface area contributed by atoms with Crippen LogP contribution in [0.5, 0.6) is 5.75 Å². The molecular formula is C13H18N2O5S. The first-order valence-corrected chi connectivity index (χ1v) is 8.14. The van der Waals surface area contributed by atoms with E-state index in [9.17, 15) is 13.2 Å². The van der Waals surface area contributed by atoms with Crippen LogP contribution in [0.2, 0.25) is 0 Å². The van der Waals surface area contributed by atoms with E-state index in [2.05, 4.69) is 10.0 Å². The van der Waals surface area contributed by atoms with Gasteiger partial charge in [0.15, 0.2) is 6.61 Å². The van der Waals surface area contributed by atoms with Crippen LogP contribution in [0.15, 0.2) is 23.1 Å². The molecule has 2 rings (SSSR count). The predicted molar refractivity (Wildman–Crippen MR) is 76.7 cm³/mol. The molecule has 0 saturated heterocycles. The molecule has 1 aliphatic rings. The molecule has 1 aromatic carbocycles. The third kappa shape index (κ3) is 3.72. The highest BCUT2D eigenvalue weighted by molar-refractivity contribution is 7.89. The highest BCUT2D eigenvalue weighted by Crippen LogP contribution is 2.30. The lowest BCUT2D eigenvalue weighted by Gasteiger charge is -2.20. The molecule has 0 radical (unpaired) electrons. The van der Waals surface area contributed by atoms with E-state index < -0.39 is 10.0 Å². The number of aliphatic hydroxyl groups excluding tert-OH is 1. The summed E-state index contributed by atoms with van der Waals surface area (Å²) in [4.78, 5) is 11.3. The van der Waals surface area contributed by atoms with Gasteiger partial charge < -0.3 is 15.2 Å². The Bertz CT molecular complexity index is 629. The maximum atomic E-state index is 12.3. The minimum atomic E-state index is -3.71. The monoisotopic (exact) mass is 314 g/mol. The molecule has 1 unspecified atom stereocenters. The van der Waals surface area contributed by atoms with Gasteiger partial charge in [0, 0.05) is 12.6 Å². The lowest BCUT2D eigenvalue weighted by molar-refractivity contribution is -0.118. The zero-order valence-corrected chi connectivity index (χ0v) is 12.4. The van der Waals surface area contributed by atoms with Crippen LogP contribution >= 0.6 is 0 Å². The Hall–Kier alpha value is -1.64. The number of hydrogen-bond donors (Lipinski definition) is 3. The second kappa shape index (κ2) is 6.42. The molecule has 21 heavy (non-hydrogen) atoms. The number of ether oxygens (including phenoxy) is 1. The summed E-state index contributed by atoms with van der Waals surface area (Å²) >= 11 is 0. The summed E-state index contributed by atoms with van der Waals surface area (Å²) in [5.41, 5.74) is 0.337. The Morgan fingerprint density at radius 2 is 2.24 bits per heavy atom. The van der Waals surface area contributed by atoms with Crippen molar-refractivity contribution in [1.82, 2.24) is 4.72 Å². The first-order valence-electron chi connectivity index (χ1n) is 6.66. The molecule has 1 aromatic rings. The fourth-order valence-electron chi connectivity index (χ4n) is 2.02. The van der Waals surface area contributed by atoms with E-state index >= 15 is 0 Å². The second-order valence-corrected chi connectivity index (χ2v) is 6.45. The average Bonchev–Trinajstić information content (AvgIpc) is 2.45. The lowest BCUT2D eigenvalue weighted by Crippen LogP contribution is -2.35. The fraction of sp³-hybridized carbons (Fsp3) is 0.462. The van der Waals surface area contributed by atoms with Crippen LogP contribution < -0.4 is 14.8 Å². The van der Waals surface area contributed by atoms with E-state index in [0.29, 0.717) is 24.3 Å². The highest BCUT2D eigenvalue weighted by atomic mass is 32.2. The molecule has 0 spiro atoms. The number of benzene rings is 1. The number of rotatable bonds is 6. The smallest absolute Gasteiger partial charge is 0.262 e. The van der Waals surface area contributed by atoms with Crippen molar-refractivity contribution in [2.24, 2.45) is 0 Å². The first kappa shape index (κ1) is 15.7. The molecule has 1 aliphatic heterocycles. The second-order valence-electron chi connectivity index (χ2n) is 4.73. The van der Waals surface area contributed by atoms with Gasteiger partial charge >= 0.3 is 0 Å². The van der Waals surface area contributed by atoms with E-state index in [0.717, 1.165) is 0 Å². The summed E-state index contributed by atoms with van der Waals surface area (Å²) in [6, 6.07) is 3.96. The number of amides is 1. The van der Waals surface area contributed by atoms with Crippen molar-refractivity contribution < 1.29 is 23.1 Å². The number of hydrogen-bond acceptors (Lipinski definition) is 5. The van der Waals surface area contributed by atoms with Gasteiger partial charge in [-0.2, -0.15) is 0 Å². The van der Waals surface area contributed by atoms with E-state index in [1.54, 1.807) is 0 Å². The van der Waals surface area contributed by atoms with E-state index in [1.807, 2.05) is 6.92 Å². The molecule has 116 valence electrons. The van der Waals surface area contributed by atoms with Crippen LogP contribution in [0, 0.1) is 0 Å². The molecule has 0 aliphatic carbocycles. The third-order valence-electron chi connectivity index (χ3n) is 3.19. The summed E-state index contributed by atoms with van der Waals surface area (Å²) < 4.78 is 32.3. The molecule has 0 aromatic heterocycles. The van der Waals surface area contributed by atoms with Crippen LogP contribution in [0.4, 0.5) is 5.69 Å². The topological polar surface area (TPSA) is 105 Å². The molecule has 0 saturated carbocycles. The number of fused-ring (bicyclic) bond motifs is 1. The molecule has 0 fully saturated rings. The van der Waals surface area contributed by atoms with Crippen LogP contribution in [0.1, 0.15) is 19.8 Å². The van der Waals surface area contributed by atoms with Gasteiger partial charge in [0.2, 0.25) is 10.0 Å². The molecule has 7 nitrogen and oxygen atoms in total. The first-order chi connectivity index (χ1) is 9.96. The fourth-order valence-corrected chi connectivity index (χ4v) is 3.40.